The Hall–Kier alpha value is -4.70. The summed E-state index contributed by atoms with van der Waals surface area (Å²) in [6, 6.07) is 18.0. The highest BCUT2D eigenvalue weighted by Crippen LogP contribution is 2.61. The fourth-order valence-corrected chi connectivity index (χ4v) is 7.20. The molecule has 212 valence electrons. The van der Waals surface area contributed by atoms with Crippen molar-refractivity contribution in [3.63, 3.8) is 0 Å². The number of hydrogen-bond donors (Lipinski definition) is 1. The van der Waals surface area contributed by atoms with Gasteiger partial charge in [-0.3, -0.25) is 9.59 Å². The molecule has 0 unspecified atom stereocenters. The number of hydrogen-bond acceptors (Lipinski definition) is 5. The van der Waals surface area contributed by atoms with Crippen molar-refractivity contribution in [2.75, 3.05) is 4.90 Å². The third kappa shape index (κ3) is 3.48. The summed E-state index contributed by atoms with van der Waals surface area (Å²) in [5.41, 5.74) is -0.541. The van der Waals surface area contributed by atoms with E-state index in [0.29, 0.717) is 16.8 Å². The van der Waals surface area contributed by atoms with E-state index in [2.05, 4.69) is 0 Å². The lowest BCUT2D eigenvalue weighted by Gasteiger charge is -2.47. The maximum Gasteiger partial charge on any atom is 0.352 e. The molecule has 2 amide bonds. The van der Waals surface area contributed by atoms with Gasteiger partial charge in [0, 0.05) is 5.92 Å². The number of benzene rings is 3. The van der Waals surface area contributed by atoms with Gasteiger partial charge in [-0.2, -0.15) is 0 Å². The number of phenols is 1. The van der Waals surface area contributed by atoms with E-state index in [0.717, 1.165) is 15.5 Å². The molecule has 3 heterocycles. The van der Waals surface area contributed by atoms with Crippen LogP contribution in [0.2, 0.25) is 5.02 Å². The van der Waals surface area contributed by atoms with E-state index in [9.17, 15) is 28.7 Å². The van der Waals surface area contributed by atoms with Gasteiger partial charge in [0.2, 0.25) is 11.8 Å². The van der Waals surface area contributed by atoms with Crippen LogP contribution in [0.4, 0.5) is 10.1 Å². The fraction of sp³-hybridized carbons (Fsp3) is 0.226. The molecule has 1 saturated carbocycles. The minimum atomic E-state index is -1.32. The number of aromatic nitrogens is 3. The number of carbonyl (C=O) groups is 2. The van der Waals surface area contributed by atoms with Crippen molar-refractivity contribution in [3.8, 4) is 11.4 Å². The number of amides is 2. The zero-order valence-electron chi connectivity index (χ0n) is 22.3. The minimum absolute atomic E-state index is 0.0190. The number of nitrogens with zero attached hydrogens (tertiary/aromatic N) is 4. The van der Waals surface area contributed by atoms with Crippen molar-refractivity contribution in [1.29, 1.82) is 0 Å². The SMILES string of the molecule is C[C@@]12C(=O)N(c3ccc(F)c(Cl)c3)C(=O)[C@@H]1C[C@@H]1C(=CCn3c(=O)n(-c4ccccc4)c(=O)n31)[C@@H]2c1cccc(O)c1. The second-order valence-corrected chi connectivity index (χ2v) is 11.5. The molecule has 2 aliphatic heterocycles. The summed E-state index contributed by atoms with van der Waals surface area (Å²) < 4.78 is 17.8. The molecule has 1 aromatic heterocycles. The minimum Gasteiger partial charge on any atom is -0.508 e. The van der Waals surface area contributed by atoms with Crippen molar-refractivity contribution >= 4 is 29.1 Å². The molecule has 4 aromatic rings. The molecule has 0 spiro atoms. The van der Waals surface area contributed by atoms with Gasteiger partial charge < -0.3 is 5.11 Å². The number of phenolic OH excluding ortho intramolecular Hbond substituents is 1. The third-order valence-corrected chi connectivity index (χ3v) is 9.21. The summed E-state index contributed by atoms with van der Waals surface area (Å²) in [5.74, 6) is -3.33. The van der Waals surface area contributed by atoms with E-state index in [1.165, 1.54) is 27.6 Å². The van der Waals surface area contributed by atoms with E-state index in [-0.39, 0.29) is 29.4 Å². The Balaban J connectivity index is 1.44. The average molecular weight is 587 g/mol. The van der Waals surface area contributed by atoms with Gasteiger partial charge in [0.1, 0.15) is 11.6 Å². The number of carbonyl (C=O) groups excluding carboxylic acids is 2. The largest absolute Gasteiger partial charge is 0.508 e. The number of anilines is 1. The van der Waals surface area contributed by atoms with E-state index in [1.807, 2.05) is 6.08 Å². The maximum atomic E-state index is 14.3. The van der Waals surface area contributed by atoms with Crippen molar-refractivity contribution in [1.82, 2.24) is 13.9 Å². The van der Waals surface area contributed by atoms with Crippen molar-refractivity contribution < 1.29 is 19.1 Å². The smallest absolute Gasteiger partial charge is 0.352 e. The molecule has 11 heteroatoms. The fourth-order valence-electron chi connectivity index (χ4n) is 7.03. The van der Waals surface area contributed by atoms with Gasteiger partial charge in [-0.25, -0.2) is 32.8 Å². The molecule has 0 bridgehead atoms. The van der Waals surface area contributed by atoms with Gasteiger partial charge in [-0.15, -0.1) is 0 Å². The molecule has 1 saturated heterocycles. The lowest BCUT2D eigenvalue weighted by molar-refractivity contribution is -0.129. The highest BCUT2D eigenvalue weighted by atomic mass is 35.5. The van der Waals surface area contributed by atoms with Crippen molar-refractivity contribution in [2.24, 2.45) is 11.3 Å². The summed E-state index contributed by atoms with van der Waals surface area (Å²) in [6.45, 7) is 1.80. The van der Waals surface area contributed by atoms with Crippen molar-refractivity contribution in [3.05, 3.63) is 122 Å². The van der Waals surface area contributed by atoms with Gasteiger partial charge in [-0.05, 0) is 66.9 Å². The second kappa shape index (κ2) is 9.15. The molecule has 7 rings (SSSR count). The zero-order valence-corrected chi connectivity index (χ0v) is 23.0. The summed E-state index contributed by atoms with van der Waals surface area (Å²) in [6.07, 6.45) is 1.91. The predicted molar refractivity (Wildman–Crippen MR) is 152 cm³/mol. The number of para-hydroxylation sites is 1. The molecular weight excluding hydrogens is 563 g/mol. The standard InChI is InChI=1S/C31H24ClFN4O5/c1-31-22(27(39)35(28(31)40)19-10-11-24(33)23(32)15-19)16-25-21(26(31)17-6-5-9-20(38)14-17)12-13-34-29(41)36(30(42)37(25)34)18-7-3-2-4-8-18/h2-12,14-15,22,25-26,38H,13,16H2,1H3/t22-,25+,26-,31+/m0/s1. The highest BCUT2D eigenvalue weighted by Gasteiger charge is 2.65. The van der Waals surface area contributed by atoms with E-state index in [4.69, 9.17) is 11.6 Å². The Bertz CT molecular complexity index is 1960. The first-order valence-electron chi connectivity index (χ1n) is 13.4. The van der Waals surface area contributed by atoms with Crippen LogP contribution in [0.15, 0.2) is 94.0 Å². The van der Waals surface area contributed by atoms with Crippen LogP contribution in [0.3, 0.4) is 0 Å². The molecule has 4 atom stereocenters. The summed E-state index contributed by atoms with van der Waals surface area (Å²) in [7, 11) is 0. The first-order valence-corrected chi connectivity index (χ1v) is 13.8. The first kappa shape index (κ1) is 26.2. The second-order valence-electron chi connectivity index (χ2n) is 11.1. The molecule has 1 aliphatic carbocycles. The van der Waals surface area contributed by atoms with Crippen LogP contribution in [-0.4, -0.2) is 30.9 Å². The van der Waals surface area contributed by atoms with Crippen LogP contribution in [0.1, 0.15) is 30.9 Å². The average Bonchev–Trinajstić information content (AvgIpc) is 3.34. The molecule has 1 N–H and O–H groups in total. The molecule has 42 heavy (non-hydrogen) atoms. The lowest BCUT2D eigenvalue weighted by Crippen LogP contribution is -2.49. The monoisotopic (exact) mass is 586 g/mol. The predicted octanol–water partition coefficient (Wildman–Crippen LogP) is 4.16. The van der Waals surface area contributed by atoms with Crippen LogP contribution in [-0.2, 0) is 16.1 Å². The number of allylic oxidation sites excluding steroid dienone is 2. The molecule has 3 aliphatic rings. The van der Waals surface area contributed by atoms with Crippen LogP contribution in [0, 0.1) is 17.2 Å². The number of aromatic hydroxyl groups is 1. The van der Waals surface area contributed by atoms with Crippen LogP contribution >= 0.6 is 11.6 Å². The van der Waals surface area contributed by atoms with Crippen LogP contribution in [0.25, 0.3) is 5.69 Å². The summed E-state index contributed by atoms with van der Waals surface area (Å²) >= 11 is 6.02. The molecule has 9 nitrogen and oxygen atoms in total. The quantitative estimate of drug-likeness (QED) is 0.287. The molecule has 3 aromatic carbocycles. The highest BCUT2D eigenvalue weighted by molar-refractivity contribution is 6.31. The normalized spacial score (nSPS) is 24.7. The lowest BCUT2D eigenvalue weighted by atomic mass is 9.56. The number of rotatable bonds is 3. The number of halogens is 2. The third-order valence-electron chi connectivity index (χ3n) is 8.92. The van der Waals surface area contributed by atoms with Gasteiger partial charge in [-0.1, -0.05) is 48.0 Å². The Labute approximate surface area is 243 Å². The van der Waals surface area contributed by atoms with Gasteiger partial charge in [0.15, 0.2) is 0 Å². The van der Waals surface area contributed by atoms with Crippen LogP contribution < -0.4 is 16.3 Å². The van der Waals surface area contributed by atoms with Crippen LogP contribution in [0.5, 0.6) is 5.75 Å². The maximum absolute atomic E-state index is 14.3. The van der Waals surface area contributed by atoms with E-state index >= 15 is 0 Å². The number of fused-ring (bicyclic) bond motifs is 4. The Morgan fingerprint density at radius 3 is 2.40 bits per heavy atom. The van der Waals surface area contributed by atoms with E-state index < -0.39 is 52.3 Å². The molecule has 0 radical (unpaired) electrons. The summed E-state index contributed by atoms with van der Waals surface area (Å²) in [4.78, 5) is 56.8. The van der Waals surface area contributed by atoms with Gasteiger partial charge in [0.05, 0.1) is 40.3 Å². The van der Waals surface area contributed by atoms with Gasteiger partial charge in [0.25, 0.3) is 0 Å². The topological polar surface area (TPSA) is 107 Å². The molecular formula is C31H24ClFN4O5. The summed E-state index contributed by atoms with van der Waals surface area (Å²) in [5, 5.41) is 10.2. The Morgan fingerprint density at radius 1 is 0.929 bits per heavy atom. The molecule has 2 fully saturated rings. The van der Waals surface area contributed by atoms with E-state index in [1.54, 1.807) is 55.5 Å². The van der Waals surface area contributed by atoms with Gasteiger partial charge >= 0.3 is 11.4 Å². The Morgan fingerprint density at radius 2 is 1.69 bits per heavy atom. The zero-order chi connectivity index (χ0) is 29.5. The number of imide groups is 1. The first-order chi connectivity index (χ1) is 20.1. The Kier molecular flexibility index (Phi) is 5.71. The van der Waals surface area contributed by atoms with Crippen molar-refractivity contribution in [2.45, 2.75) is 31.8 Å².